The van der Waals surface area contributed by atoms with Crippen LogP contribution in [0.1, 0.15) is 111 Å². The van der Waals surface area contributed by atoms with Crippen LogP contribution in [-0.4, -0.2) is 0 Å². The van der Waals surface area contributed by atoms with Gasteiger partial charge in [0, 0.05) is 11.1 Å². The Bertz CT molecular complexity index is 4240. The Kier molecular flexibility index (Phi) is 19.4. The Labute approximate surface area is 562 Å². The van der Waals surface area contributed by atoms with Crippen molar-refractivity contribution in [1.29, 1.82) is 0 Å². The van der Waals surface area contributed by atoms with Crippen LogP contribution >= 0.6 is 0 Å². The van der Waals surface area contributed by atoms with Crippen molar-refractivity contribution >= 4 is 0 Å². The maximum atomic E-state index is 8.05. The Hall–Kier alpha value is -11.1. The Morgan fingerprint density at radius 1 is 0.137 bits per heavy atom. The van der Waals surface area contributed by atoms with Crippen molar-refractivity contribution in [3.8, 4) is 33.8 Å². The van der Waals surface area contributed by atoms with Gasteiger partial charge in [-0.2, -0.15) is 0 Å². The van der Waals surface area contributed by atoms with Gasteiger partial charge in [0.25, 0.3) is 0 Å². The lowest BCUT2D eigenvalue weighted by molar-refractivity contribution is 0.486. The van der Waals surface area contributed by atoms with Gasteiger partial charge in [0.05, 0.1) is 0 Å². The second-order valence-electron chi connectivity index (χ2n) is 25.3. The molecule has 0 saturated heterocycles. The summed E-state index contributed by atoms with van der Waals surface area (Å²) in [5, 5.41) is 0. The molecule has 0 aliphatic rings. The molecule has 0 radical (unpaired) electrons. The Morgan fingerprint density at radius 3 is 0.453 bits per heavy atom. The van der Waals surface area contributed by atoms with E-state index in [2.05, 4.69) is 352 Å². The van der Waals surface area contributed by atoms with E-state index in [9.17, 15) is 0 Å². The molecule has 14 aromatic carbocycles. The molecule has 0 aromatic heterocycles. The largest absolute Gasteiger partial charge is 0.456 e. The molecular weight excluding hydrogens is 1150 g/mol. The van der Waals surface area contributed by atoms with E-state index in [1.165, 1.54) is 122 Å². The fourth-order valence-corrected chi connectivity index (χ4v) is 14.4. The number of benzene rings is 14. The minimum Gasteiger partial charge on any atom is -0.456 e. The lowest BCUT2D eigenvalue weighted by atomic mass is 9.75. The number of hydrogen-bond acceptors (Lipinski definition) is 1. The van der Waals surface area contributed by atoms with Crippen molar-refractivity contribution in [2.24, 2.45) is 0 Å². The first kappa shape index (κ1) is 61.4. The maximum Gasteiger partial charge on any atom is 0.135 e. The fourth-order valence-electron chi connectivity index (χ4n) is 14.4. The summed E-state index contributed by atoms with van der Waals surface area (Å²) in [5.74, 6) is 1.64. The zero-order valence-electron chi connectivity index (χ0n) is 54.0. The molecule has 0 atom stereocenters. The van der Waals surface area contributed by atoms with E-state index in [1.54, 1.807) is 0 Å². The Balaban J connectivity index is 1.06. The molecule has 1 nitrogen and oxygen atoms in total. The third-order valence-corrected chi connectivity index (χ3v) is 18.9. The minimum absolute atomic E-state index is 0.730. The first-order chi connectivity index (χ1) is 47.1. The van der Waals surface area contributed by atoms with Gasteiger partial charge in [0.2, 0.25) is 0 Å². The average Bonchev–Trinajstić information content (AvgIpc) is 0.750. The van der Waals surface area contributed by atoms with Crippen molar-refractivity contribution < 1.29 is 4.74 Å². The normalized spacial score (nSPS) is 11.2. The maximum absolute atomic E-state index is 8.05. The second kappa shape index (κ2) is 30.1. The van der Waals surface area contributed by atoms with Gasteiger partial charge in [-0.15, -0.1) is 0 Å². The van der Waals surface area contributed by atoms with Gasteiger partial charge in [-0.1, -0.05) is 340 Å². The molecule has 0 N–H and O–H groups in total. The summed E-state index contributed by atoms with van der Waals surface area (Å²) < 4.78 is 8.05. The van der Waals surface area contributed by atoms with Crippen LogP contribution in [-0.2, 0) is 64.2 Å². The van der Waals surface area contributed by atoms with E-state index in [-0.39, 0.29) is 0 Å². The third kappa shape index (κ3) is 14.9. The molecule has 0 amide bonds. The molecule has 0 saturated carbocycles. The van der Waals surface area contributed by atoms with Crippen LogP contribution in [0.3, 0.4) is 0 Å². The highest BCUT2D eigenvalue weighted by molar-refractivity contribution is 5.85. The van der Waals surface area contributed by atoms with Crippen molar-refractivity contribution in [1.82, 2.24) is 0 Å². The lowest BCUT2D eigenvalue weighted by Gasteiger charge is -2.30. The predicted octanol–water partition coefficient (Wildman–Crippen LogP) is 22.7. The highest BCUT2D eigenvalue weighted by atomic mass is 16.5. The molecule has 0 bridgehead atoms. The fraction of sp³-hybridized carbons (Fsp3) is 0.106. The molecule has 0 unspecified atom stereocenters. The summed E-state index contributed by atoms with van der Waals surface area (Å²) in [7, 11) is 0. The number of ether oxygens (including phenoxy) is 1. The van der Waals surface area contributed by atoms with Crippen molar-refractivity contribution in [3.05, 3.63) is 463 Å². The smallest absolute Gasteiger partial charge is 0.135 e. The van der Waals surface area contributed by atoms with Crippen LogP contribution < -0.4 is 4.74 Å². The van der Waals surface area contributed by atoms with Gasteiger partial charge in [0.15, 0.2) is 0 Å². The molecule has 460 valence electrons. The lowest BCUT2D eigenvalue weighted by Crippen LogP contribution is -2.15. The van der Waals surface area contributed by atoms with Gasteiger partial charge in [0.1, 0.15) is 11.5 Å². The highest BCUT2D eigenvalue weighted by Crippen LogP contribution is 2.49. The van der Waals surface area contributed by atoms with E-state index in [4.69, 9.17) is 4.74 Å². The average molecular weight is 1220 g/mol. The van der Waals surface area contributed by atoms with Crippen LogP contribution in [0.2, 0.25) is 0 Å². The van der Waals surface area contributed by atoms with Gasteiger partial charge in [-0.05, 0) is 199 Å². The van der Waals surface area contributed by atoms with Crippen LogP contribution in [0, 0.1) is 0 Å². The standard InChI is InChI=1S/C94H78O/c1-11-35-69(36-12-1)59-81-83(61-71-39-15-3-16-40-71)87(65-75-47-23-7-24-48-75)93(88(66-76-49-25-8-26-50-76)84(81)62-72-41-17-4-18-42-72)79-55-31-33-57-91(79)95-92-58-34-32-56-80(92)94-89(67-77-51-27-9-28-52-77)85(63-73-43-19-5-20-44-73)82(60-70-37-13-2-14-38-70)86(64-74-45-21-6-22-46-74)90(94)68-78-53-29-10-30-54-78/h1-58H,59-68H2. The molecule has 14 rings (SSSR count). The zero-order chi connectivity index (χ0) is 63.8. The van der Waals surface area contributed by atoms with Gasteiger partial charge < -0.3 is 4.74 Å². The molecular formula is C94H78O. The summed E-state index contributed by atoms with van der Waals surface area (Å²) in [6, 6.07) is 129. The van der Waals surface area contributed by atoms with Crippen LogP contribution in [0.5, 0.6) is 11.5 Å². The quantitative estimate of drug-likeness (QED) is 0.0586. The van der Waals surface area contributed by atoms with E-state index >= 15 is 0 Å². The topological polar surface area (TPSA) is 9.23 Å². The molecule has 0 spiro atoms. The molecule has 0 heterocycles. The molecule has 14 aromatic rings. The monoisotopic (exact) mass is 1220 g/mol. The molecule has 0 aliphatic carbocycles. The third-order valence-electron chi connectivity index (χ3n) is 18.9. The van der Waals surface area contributed by atoms with Crippen molar-refractivity contribution in [3.63, 3.8) is 0 Å². The van der Waals surface area contributed by atoms with Gasteiger partial charge in [-0.25, -0.2) is 0 Å². The predicted molar refractivity (Wildman–Crippen MR) is 396 cm³/mol. The van der Waals surface area contributed by atoms with E-state index in [1.807, 2.05) is 0 Å². The number of para-hydroxylation sites is 2. The molecule has 1 heteroatoms. The van der Waals surface area contributed by atoms with E-state index in [0.717, 1.165) is 86.8 Å². The zero-order valence-corrected chi connectivity index (χ0v) is 54.0. The Morgan fingerprint density at radius 2 is 0.274 bits per heavy atom. The first-order valence-electron chi connectivity index (χ1n) is 33.7. The second-order valence-corrected chi connectivity index (χ2v) is 25.3. The summed E-state index contributed by atoms with van der Waals surface area (Å²) in [5.41, 5.74) is 31.1. The van der Waals surface area contributed by atoms with Gasteiger partial charge >= 0.3 is 0 Å². The molecule has 0 fully saturated rings. The summed E-state index contributed by atoms with van der Waals surface area (Å²) in [6.45, 7) is 0. The number of rotatable bonds is 24. The van der Waals surface area contributed by atoms with E-state index in [0.29, 0.717) is 0 Å². The van der Waals surface area contributed by atoms with Gasteiger partial charge in [-0.3, -0.25) is 0 Å². The van der Waals surface area contributed by atoms with E-state index < -0.39 is 0 Å². The SMILES string of the molecule is c1ccc(Cc2c(Cc3ccccc3)c(Cc3ccccc3)c(-c3ccccc3Oc3ccccc3-c3c(Cc4ccccc4)c(Cc4ccccc4)c(Cc4ccccc4)c(Cc4ccccc4)c3Cc3ccccc3)c(Cc3ccccc3)c2Cc2ccccc2)cc1. The molecule has 95 heavy (non-hydrogen) atoms. The number of hydrogen-bond donors (Lipinski definition) is 0. The summed E-state index contributed by atoms with van der Waals surface area (Å²) in [6.07, 6.45) is 7.57. The van der Waals surface area contributed by atoms with Crippen molar-refractivity contribution in [2.75, 3.05) is 0 Å². The summed E-state index contributed by atoms with van der Waals surface area (Å²) >= 11 is 0. The first-order valence-corrected chi connectivity index (χ1v) is 33.7. The van der Waals surface area contributed by atoms with Crippen LogP contribution in [0.15, 0.2) is 352 Å². The van der Waals surface area contributed by atoms with Crippen molar-refractivity contribution in [2.45, 2.75) is 64.2 Å². The highest BCUT2D eigenvalue weighted by Gasteiger charge is 2.31. The van der Waals surface area contributed by atoms with Crippen LogP contribution in [0.25, 0.3) is 22.3 Å². The minimum atomic E-state index is 0.730. The summed E-state index contributed by atoms with van der Waals surface area (Å²) in [4.78, 5) is 0. The molecule has 0 aliphatic heterocycles. The van der Waals surface area contributed by atoms with Crippen LogP contribution in [0.4, 0.5) is 0 Å².